The predicted octanol–water partition coefficient (Wildman–Crippen LogP) is 1.73. The number of aliphatic hydroxyl groups is 1. The van der Waals surface area contributed by atoms with Crippen LogP contribution in [0.4, 0.5) is 0 Å². The van der Waals surface area contributed by atoms with Gasteiger partial charge in [0, 0.05) is 11.8 Å². The summed E-state index contributed by atoms with van der Waals surface area (Å²) in [6, 6.07) is 8.35. The van der Waals surface area contributed by atoms with Crippen molar-refractivity contribution < 1.29 is 10.0 Å². The Morgan fingerprint density at radius 2 is 2.00 bits per heavy atom. The Kier molecular flexibility index (Phi) is 4.00. The van der Waals surface area contributed by atoms with E-state index in [0.29, 0.717) is 0 Å². The quantitative estimate of drug-likeness (QED) is 0.604. The van der Waals surface area contributed by atoms with Gasteiger partial charge in [-0.15, -0.1) is 0 Å². The third-order valence-electron chi connectivity index (χ3n) is 2.11. The summed E-state index contributed by atoms with van der Waals surface area (Å²) in [6.07, 6.45) is 2.05. The lowest BCUT2D eigenvalue weighted by atomic mass is 10.1. The molecule has 1 aromatic rings. The topological polar surface area (TPSA) is 63.4 Å². The van der Waals surface area contributed by atoms with E-state index in [4.69, 9.17) is 0 Å². The van der Waals surface area contributed by atoms with Gasteiger partial charge >= 0.3 is 0 Å². The second-order valence-corrected chi connectivity index (χ2v) is 3.29. The van der Waals surface area contributed by atoms with Crippen LogP contribution in [0.2, 0.25) is 0 Å². The Morgan fingerprint density at radius 1 is 1.40 bits per heavy atom. The Labute approximate surface area is 88.0 Å². The standard InChI is InChI=1S/C11H13NO3/c1-9(12(14)15)11(13)8-7-10-5-3-2-4-6-10/h2-9,11,13H,1H3/b8-7+/t9-,11+/m0/s1. The monoisotopic (exact) mass is 207 g/mol. The Morgan fingerprint density at radius 3 is 2.53 bits per heavy atom. The van der Waals surface area contributed by atoms with E-state index in [9.17, 15) is 15.2 Å². The normalized spacial score (nSPS) is 15.1. The van der Waals surface area contributed by atoms with Crippen molar-refractivity contribution >= 4 is 6.08 Å². The largest absolute Gasteiger partial charge is 0.382 e. The van der Waals surface area contributed by atoms with Gasteiger partial charge < -0.3 is 5.11 Å². The highest BCUT2D eigenvalue weighted by Gasteiger charge is 2.20. The zero-order chi connectivity index (χ0) is 11.3. The van der Waals surface area contributed by atoms with Crippen LogP contribution in [0.25, 0.3) is 6.08 Å². The molecule has 0 aliphatic rings. The number of nitro groups is 1. The summed E-state index contributed by atoms with van der Waals surface area (Å²) in [4.78, 5) is 9.86. The van der Waals surface area contributed by atoms with Crippen molar-refractivity contribution in [1.82, 2.24) is 0 Å². The summed E-state index contributed by atoms with van der Waals surface area (Å²) >= 11 is 0. The van der Waals surface area contributed by atoms with Gasteiger partial charge in [-0.3, -0.25) is 10.1 Å². The van der Waals surface area contributed by atoms with E-state index in [2.05, 4.69) is 0 Å². The molecule has 0 heterocycles. The molecule has 0 saturated carbocycles. The summed E-state index contributed by atoms with van der Waals surface area (Å²) < 4.78 is 0. The highest BCUT2D eigenvalue weighted by molar-refractivity contribution is 5.49. The first-order valence-corrected chi connectivity index (χ1v) is 4.66. The van der Waals surface area contributed by atoms with Gasteiger partial charge in [0.15, 0.2) is 0 Å². The van der Waals surface area contributed by atoms with Crippen LogP contribution in [-0.2, 0) is 0 Å². The van der Waals surface area contributed by atoms with Crippen LogP contribution in [0.1, 0.15) is 12.5 Å². The molecule has 0 aromatic heterocycles. The number of benzene rings is 1. The second-order valence-electron chi connectivity index (χ2n) is 3.29. The number of rotatable bonds is 4. The van der Waals surface area contributed by atoms with E-state index in [0.717, 1.165) is 5.56 Å². The molecule has 4 heteroatoms. The molecule has 1 N–H and O–H groups in total. The summed E-state index contributed by atoms with van der Waals surface area (Å²) in [7, 11) is 0. The van der Waals surface area contributed by atoms with Crippen LogP contribution < -0.4 is 0 Å². The smallest absolute Gasteiger partial charge is 0.239 e. The summed E-state index contributed by atoms with van der Waals surface area (Å²) in [6.45, 7) is 1.38. The molecule has 0 aliphatic heterocycles. The lowest BCUT2D eigenvalue weighted by Gasteiger charge is -2.06. The zero-order valence-corrected chi connectivity index (χ0v) is 8.41. The number of hydrogen-bond acceptors (Lipinski definition) is 3. The van der Waals surface area contributed by atoms with Crippen molar-refractivity contribution in [1.29, 1.82) is 0 Å². The fourth-order valence-corrected chi connectivity index (χ4v) is 1.06. The van der Waals surface area contributed by atoms with Gasteiger partial charge in [-0.25, -0.2) is 0 Å². The molecule has 4 nitrogen and oxygen atoms in total. The van der Waals surface area contributed by atoms with Crippen molar-refractivity contribution in [2.75, 3.05) is 0 Å². The van der Waals surface area contributed by atoms with Gasteiger partial charge in [0.2, 0.25) is 6.04 Å². The Balaban J connectivity index is 2.62. The molecule has 0 fully saturated rings. The Bertz CT molecular complexity index is 348. The fraction of sp³-hybridized carbons (Fsp3) is 0.273. The first-order chi connectivity index (χ1) is 7.11. The second kappa shape index (κ2) is 5.26. The van der Waals surface area contributed by atoms with Gasteiger partial charge in [-0.2, -0.15) is 0 Å². The SMILES string of the molecule is C[C@@H]([C@H](O)/C=C/c1ccccc1)[N+](=O)[O-]. The van der Waals surface area contributed by atoms with Crippen LogP contribution >= 0.6 is 0 Å². The van der Waals surface area contributed by atoms with E-state index >= 15 is 0 Å². The van der Waals surface area contributed by atoms with Gasteiger partial charge in [-0.1, -0.05) is 36.4 Å². The predicted molar refractivity (Wildman–Crippen MR) is 57.9 cm³/mol. The van der Waals surface area contributed by atoms with Crippen molar-refractivity contribution in [3.63, 3.8) is 0 Å². The molecule has 15 heavy (non-hydrogen) atoms. The summed E-state index contributed by atoms with van der Waals surface area (Å²) in [5.74, 6) is 0. The molecule has 1 aromatic carbocycles. The third-order valence-corrected chi connectivity index (χ3v) is 2.11. The molecule has 0 saturated heterocycles. The lowest BCUT2D eigenvalue weighted by Crippen LogP contribution is -2.28. The molecular formula is C11H13NO3. The minimum atomic E-state index is -1.06. The van der Waals surface area contributed by atoms with E-state index in [1.807, 2.05) is 30.3 Å². The zero-order valence-electron chi connectivity index (χ0n) is 8.41. The van der Waals surface area contributed by atoms with Gasteiger partial charge in [0.05, 0.1) is 0 Å². The van der Waals surface area contributed by atoms with Crippen molar-refractivity contribution in [3.05, 3.63) is 52.1 Å². The average molecular weight is 207 g/mol. The molecule has 0 amide bonds. The molecule has 0 bridgehead atoms. The fourth-order valence-electron chi connectivity index (χ4n) is 1.06. The van der Waals surface area contributed by atoms with Gasteiger partial charge in [-0.05, 0) is 11.6 Å². The molecule has 0 spiro atoms. The van der Waals surface area contributed by atoms with Crippen molar-refractivity contribution in [2.24, 2.45) is 0 Å². The van der Waals surface area contributed by atoms with Crippen LogP contribution in [0, 0.1) is 10.1 Å². The first-order valence-electron chi connectivity index (χ1n) is 4.66. The highest BCUT2D eigenvalue weighted by Crippen LogP contribution is 2.05. The van der Waals surface area contributed by atoms with E-state index in [-0.39, 0.29) is 0 Å². The maximum absolute atomic E-state index is 10.4. The van der Waals surface area contributed by atoms with E-state index in [1.54, 1.807) is 6.08 Å². The van der Waals surface area contributed by atoms with E-state index < -0.39 is 17.1 Å². The summed E-state index contributed by atoms with van der Waals surface area (Å²) in [5.41, 5.74) is 0.909. The van der Waals surface area contributed by atoms with Gasteiger partial charge in [0.1, 0.15) is 6.10 Å². The Hall–Kier alpha value is -1.68. The van der Waals surface area contributed by atoms with Crippen LogP contribution in [0.5, 0.6) is 0 Å². The highest BCUT2D eigenvalue weighted by atomic mass is 16.6. The number of aliphatic hydroxyl groups excluding tert-OH is 1. The molecule has 0 radical (unpaired) electrons. The van der Waals surface area contributed by atoms with Gasteiger partial charge in [0.25, 0.3) is 0 Å². The number of hydrogen-bond donors (Lipinski definition) is 1. The molecule has 0 unspecified atom stereocenters. The average Bonchev–Trinajstić information content (AvgIpc) is 2.26. The molecule has 0 aliphatic carbocycles. The first kappa shape index (κ1) is 11.4. The number of nitrogens with zero attached hydrogens (tertiary/aromatic N) is 1. The van der Waals surface area contributed by atoms with Crippen LogP contribution in [0.3, 0.4) is 0 Å². The maximum atomic E-state index is 10.4. The van der Waals surface area contributed by atoms with Crippen molar-refractivity contribution in [3.8, 4) is 0 Å². The van der Waals surface area contributed by atoms with Crippen molar-refractivity contribution in [2.45, 2.75) is 19.1 Å². The minimum absolute atomic E-state index is 0.500. The molecular weight excluding hydrogens is 194 g/mol. The van der Waals surface area contributed by atoms with Crippen LogP contribution in [0.15, 0.2) is 36.4 Å². The molecule has 2 atom stereocenters. The molecule has 80 valence electrons. The minimum Gasteiger partial charge on any atom is -0.382 e. The summed E-state index contributed by atoms with van der Waals surface area (Å²) in [5, 5.41) is 19.8. The maximum Gasteiger partial charge on any atom is 0.239 e. The lowest BCUT2D eigenvalue weighted by molar-refractivity contribution is -0.526. The third kappa shape index (κ3) is 3.52. The van der Waals surface area contributed by atoms with E-state index in [1.165, 1.54) is 13.0 Å². The molecule has 1 rings (SSSR count). The van der Waals surface area contributed by atoms with Crippen LogP contribution in [-0.4, -0.2) is 22.2 Å².